The summed E-state index contributed by atoms with van der Waals surface area (Å²) in [6, 6.07) is 19.2. The van der Waals surface area contributed by atoms with Gasteiger partial charge < -0.3 is 9.47 Å². The van der Waals surface area contributed by atoms with E-state index in [9.17, 15) is 13.2 Å². The topological polar surface area (TPSA) is 72.9 Å². The zero-order valence-corrected chi connectivity index (χ0v) is 17.5. The van der Waals surface area contributed by atoms with Crippen LogP contribution in [-0.2, 0) is 19.6 Å². The van der Waals surface area contributed by atoms with Crippen LogP contribution in [0.15, 0.2) is 71.6 Å². The standard InChI is InChI=1S/C23H23NO5S/c1-24(30(26,27)22-11-6-17-4-2-3-5-19(17)16-22)20-7-9-21(10-8-20)29-23(25)18-12-14-28-15-13-18/h2-11,16,18H,12-15H2,1H3. The number of fused-ring (bicyclic) bond motifs is 1. The summed E-state index contributed by atoms with van der Waals surface area (Å²) in [5.74, 6) is -0.0377. The Morgan fingerprint density at radius 3 is 2.33 bits per heavy atom. The molecule has 0 unspecified atom stereocenters. The van der Waals surface area contributed by atoms with Crippen LogP contribution in [0.5, 0.6) is 5.75 Å². The van der Waals surface area contributed by atoms with E-state index in [4.69, 9.17) is 9.47 Å². The molecule has 30 heavy (non-hydrogen) atoms. The highest BCUT2D eigenvalue weighted by Gasteiger charge is 2.24. The predicted molar refractivity (Wildman–Crippen MR) is 115 cm³/mol. The largest absolute Gasteiger partial charge is 0.426 e. The molecule has 0 aromatic heterocycles. The summed E-state index contributed by atoms with van der Waals surface area (Å²) in [7, 11) is -2.22. The smallest absolute Gasteiger partial charge is 0.314 e. The first-order valence-electron chi connectivity index (χ1n) is 9.82. The van der Waals surface area contributed by atoms with Crippen LogP contribution in [0.2, 0.25) is 0 Å². The van der Waals surface area contributed by atoms with Gasteiger partial charge in [0.1, 0.15) is 5.75 Å². The molecule has 1 heterocycles. The van der Waals surface area contributed by atoms with Crippen LogP contribution >= 0.6 is 0 Å². The molecule has 0 saturated carbocycles. The Labute approximate surface area is 176 Å². The van der Waals surface area contributed by atoms with Gasteiger partial charge in [-0.25, -0.2) is 8.42 Å². The van der Waals surface area contributed by atoms with E-state index in [0.717, 1.165) is 10.8 Å². The van der Waals surface area contributed by atoms with E-state index in [1.54, 1.807) is 42.5 Å². The van der Waals surface area contributed by atoms with Crippen molar-refractivity contribution in [3.8, 4) is 5.75 Å². The van der Waals surface area contributed by atoms with Gasteiger partial charge in [-0.3, -0.25) is 9.10 Å². The van der Waals surface area contributed by atoms with Gasteiger partial charge >= 0.3 is 5.97 Å². The zero-order chi connectivity index (χ0) is 21.1. The van der Waals surface area contributed by atoms with Crippen molar-refractivity contribution in [2.75, 3.05) is 24.6 Å². The van der Waals surface area contributed by atoms with Crippen LogP contribution in [0.3, 0.4) is 0 Å². The van der Waals surface area contributed by atoms with Gasteiger partial charge in [0, 0.05) is 20.3 Å². The predicted octanol–water partition coefficient (Wildman–Crippen LogP) is 4.00. The summed E-state index contributed by atoms with van der Waals surface area (Å²) in [5, 5.41) is 1.84. The van der Waals surface area contributed by atoms with Crippen molar-refractivity contribution < 1.29 is 22.7 Å². The summed E-state index contributed by atoms with van der Waals surface area (Å²) in [4.78, 5) is 12.5. The number of nitrogens with zero attached hydrogens (tertiary/aromatic N) is 1. The molecule has 0 amide bonds. The summed E-state index contributed by atoms with van der Waals surface area (Å²) in [6.45, 7) is 1.13. The summed E-state index contributed by atoms with van der Waals surface area (Å²) < 4.78 is 38.1. The fourth-order valence-electron chi connectivity index (χ4n) is 3.48. The number of esters is 1. The van der Waals surface area contributed by atoms with Gasteiger partial charge in [-0.1, -0.05) is 30.3 Å². The first-order valence-corrected chi connectivity index (χ1v) is 11.3. The molecule has 0 atom stereocenters. The number of sulfonamides is 1. The lowest BCUT2D eigenvalue weighted by atomic mass is 10.0. The van der Waals surface area contributed by atoms with Crippen LogP contribution in [0.1, 0.15) is 12.8 Å². The number of hydrogen-bond acceptors (Lipinski definition) is 5. The normalized spacial score (nSPS) is 15.1. The Bertz CT molecular complexity index is 1150. The fraction of sp³-hybridized carbons (Fsp3) is 0.261. The molecule has 156 valence electrons. The molecule has 0 bridgehead atoms. The molecule has 1 aliphatic heterocycles. The van der Waals surface area contributed by atoms with Crippen LogP contribution < -0.4 is 9.04 Å². The molecule has 7 heteroatoms. The van der Waals surface area contributed by atoms with Gasteiger partial charge in [0.15, 0.2) is 0 Å². The molecule has 3 aromatic rings. The van der Waals surface area contributed by atoms with Crippen molar-refractivity contribution in [1.29, 1.82) is 0 Å². The van der Waals surface area contributed by atoms with Gasteiger partial charge in [-0.05, 0) is 60.0 Å². The van der Waals surface area contributed by atoms with E-state index in [2.05, 4.69) is 0 Å². The average molecular weight is 426 g/mol. The number of ether oxygens (including phenoxy) is 2. The van der Waals surface area contributed by atoms with Crippen LogP contribution in [-0.4, -0.2) is 34.6 Å². The molecule has 6 nitrogen and oxygen atoms in total. The first-order chi connectivity index (χ1) is 14.4. The average Bonchev–Trinajstić information content (AvgIpc) is 2.79. The van der Waals surface area contributed by atoms with Gasteiger partial charge in [0.2, 0.25) is 0 Å². The lowest BCUT2D eigenvalue weighted by Crippen LogP contribution is -2.27. The highest BCUT2D eigenvalue weighted by Crippen LogP contribution is 2.27. The van der Waals surface area contributed by atoms with Gasteiger partial charge in [-0.2, -0.15) is 0 Å². The third kappa shape index (κ3) is 4.17. The van der Waals surface area contributed by atoms with Crippen molar-refractivity contribution in [2.45, 2.75) is 17.7 Å². The number of hydrogen-bond donors (Lipinski definition) is 0. The molecule has 1 aliphatic rings. The number of rotatable bonds is 5. The van der Waals surface area contributed by atoms with Crippen LogP contribution in [0, 0.1) is 5.92 Å². The Kier molecular flexibility index (Phi) is 5.74. The summed E-state index contributed by atoms with van der Waals surface area (Å²) in [5.41, 5.74) is 0.481. The van der Waals surface area contributed by atoms with E-state index in [-0.39, 0.29) is 16.8 Å². The minimum atomic E-state index is -3.72. The highest BCUT2D eigenvalue weighted by atomic mass is 32.2. The monoisotopic (exact) mass is 425 g/mol. The number of anilines is 1. The van der Waals surface area contributed by atoms with Crippen molar-refractivity contribution in [3.05, 3.63) is 66.7 Å². The van der Waals surface area contributed by atoms with Crippen molar-refractivity contribution >= 4 is 32.5 Å². The molecule has 3 aromatic carbocycles. The first kappa shape index (κ1) is 20.4. The highest BCUT2D eigenvalue weighted by molar-refractivity contribution is 7.92. The van der Waals surface area contributed by atoms with E-state index < -0.39 is 10.0 Å². The van der Waals surface area contributed by atoms with E-state index in [1.165, 1.54) is 11.4 Å². The number of benzene rings is 3. The molecule has 1 fully saturated rings. The maximum atomic E-state index is 13.1. The van der Waals surface area contributed by atoms with Gasteiger partial charge in [0.05, 0.1) is 16.5 Å². The van der Waals surface area contributed by atoms with E-state index in [0.29, 0.717) is 37.5 Å². The molecule has 1 saturated heterocycles. The zero-order valence-electron chi connectivity index (χ0n) is 16.7. The van der Waals surface area contributed by atoms with Crippen molar-refractivity contribution in [2.24, 2.45) is 5.92 Å². The van der Waals surface area contributed by atoms with Gasteiger partial charge in [0.25, 0.3) is 10.0 Å². The molecule has 0 spiro atoms. The quantitative estimate of drug-likeness (QED) is 0.456. The summed E-state index contributed by atoms with van der Waals surface area (Å²) >= 11 is 0. The summed E-state index contributed by atoms with van der Waals surface area (Å²) in [6.07, 6.45) is 1.31. The molecular weight excluding hydrogens is 402 g/mol. The second kappa shape index (κ2) is 8.45. The van der Waals surface area contributed by atoms with Crippen LogP contribution in [0.4, 0.5) is 5.69 Å². The Balaban J connectivity index is 1.50. The Hall–Kier alpha value is -2.90. The SMILES string of the molecule is CN(c1ccc(OC(=O)C2CCOCC2)cc1)S(=O)(=O)c1ccc2ccccc2c1. The third-order valence-corrected chi connectivity index (χ3v) is 7.13. The second-order valence-corrected chi connectivity index (χ2v) is 9.25. The van der Waals surface area contributed by atoms with Crippen molar-refractivity contribution in [3.63, 3.8) is 0 Å². The van der Waals surface area contributed by atoms with Crippen molar-refractivity contribution in [1.82, 2.24) is 0 Å². The Morgan fingerprint density at radius 2 is 1.63 bits per heavy atom. The number of carbonyl (C=O) groups excluding carboxylic acids is 1. The minimum Gasteiger partial charge on any atom is -0.426 e. The third-order valence-electron chi connectivity index (χ3n) is 5.35. The lowest BCUT2D eigenvalue weighted by molar-refractivity contribution is -0.142. The second-order valence-electron chi connectivity index (χ2n) is 7.28. The van der Waals surface area contributed by atoms with Gasteiger partial charge in [-0.15, -0.1) is 0 Å². The fourth-order valence-corrected chi connectivity index (χ4v) is 4.71. The molecular formula is C23H23NO5S. The van der Waals surface area contributed by atoms with Crippen LogP contribution in [0.25, 0.3) is 10.8 Å². The maximum Gasteiger partial charge on any atom is 0.314 e. The molecule has 0 radical (unpaired) electrons. The molecule has 4 rings (SSSR count). The van der Waals surface area contributed by atoms with E-state index in [1.807, 2.05) is 24.3 Å². The molecule has 0 N–H and O–H groups in total. The lowest BCUT2D eigenvalue weighted by Gasteiger charge is -2.21. The number of carbonyl (C=O) groups is 1. The van der Waals surface area contributed by atoms with E-state index >= 15 is 0 Å². The maximum absolute atomic E-state index is 13.1. The Morgan fingerprint density at radius 1 is 0.967 bits per heavy atom. The minimum absolute atomic E-state index is 0.158. The molecule has 0 aliphatic carbocycles.